The second-order valence-electron chi connectivity index (χ2n) is 3.66. The normalized spacial score (nSPS) is 11.7. The lowest BCUT2D eigenvalue weighted by Gasteiger charge is -2.12. The molecule has 0 amide bonds. The first-order chi connectivity index (χ1) is 9.38. The van der Waals surface area contributed by atoms with Crippen molar-refractivity contribution in [3.63, 3.8) is 0 Å². The monoisotopic (exact) mass is 290 g/mol. The summed E-state index contributed by atoms with van der Waals surface area (Å²) >= 11 is 0. The predicted molar refractivity (Wildman–Crippen MR) is 59.1 cm³/mol. The van der Waals surface area contributed by atoms with Crippen LogP contribution < -0.4 is 4.74 Å². The molecule has 0 saturated carbocycles. The van der Waals surface area contributed by atoms with E-state index in [1.54, 1.807) is 0 Å². The third-order valence-corrected chi connectivity index (χ3v) is 2.34. The van der Waals surface area contributed by atoms with Gasteiger partial charge >= 0.3 is 12.8 Å². The Balaban J connectivity index is 2.51. The van der Waals surface area contributed by atoms with Gasteiger partial charge in [0.25, 0.3) is 0 Å². The van der Waals surface area contributed by atoms with Crippen molar-refractivity contribution in [2.75, 3.05) is 0 Å². The van der Waals surface area contributed by atoms with Gasteiger partial charge in [0, 0.05) is 18.0 Å². The topological polar surface area (TPSA) is 35.0 Å². The minimum absolute atomic E-state index is 0.0284. The summed E-state index contributed by atoms with van der Waals surface area (Å²) in [7, 11) is 0. The number of aromatic nitrogens is 2. The maximum Gasteiger partial charge on any atom is 0.433 e. The van der Waals surface area contributed by atoms with E-state index < -0.39 is 24.4 Å². The number of pyridine rings is 2. The first-order valence-corrected chi connectivity index (χ1v) is 5.31. The summed E-state index contributed by atoms with van der Waals surface area (Å²) in [6.07, 6.45) is -1.99. The van der Waals surface area contributed by atoms with Gasteiger partial charge in [0.15, 0.2) is 0 Å². The van der Waals surface area contributed by atoms with Gasteiger partial charge in [-0.25, -0.2) is 4.98 Å². The van der Waals surface area contributed by atoms with Gasteiger partial charge < -0.3 is 4.74 Å². The molecule has 0 N–H and O–H groups in total. The molecule has 2 rings (SSSR count). The first-order valence-electron chi connectivity index (χ1n) is 5.31. The van der Waals surface area contributed by atoms with Crippen LogP contribution in [0, 0.1) is 0 Å². The molecule has 0 aliphatic heterocycles. The Morgan fingerprint density at radius 1 is 1.00 bits per heavy atom. The van der Waals surface area contributed by atoms with Crippen LogP contribution in [0.1, 0.15) is 5.69 Å². The maximum atomic E-state index is 12.5. The Hall–Kier alpha value is -2.25. The van der Waals surface area contributed by atoms with E-state index in [0.29, 0.717) is 11.6 Å². The summed E-state index contributed by atoms with van der Waals surface area (Å²) in [4.78, 5) is 6.84. The SMILES string of the molecule is FC(F)Oc1nc(C(F)(F)F)ccc1-c1ccncc1. The van der Waals surface area contributed by atoms with Crippen LogP contribution in [0.2, 0.25) is 0 Å². The fourth-order valence-electron chi connectivity index (χ4n) is 1.52. The Labute approximate surface area is 110 Å². The molecule has 0 spiro atoms. The zero-order valence-corrected chi connectivity index (χ0v) is 9.73. The lowest BCUT2D eigenvalue weighted by atomic mass is 10.1. The summed E-state index contributed by atoms with van der Waals surface area (Å²) in [5, 5.41) is 0. The third-order valence-electron chi connectivity index (χ3n) is 2.34. The molecule has 0 aliphatic carbocycles. The van der Waals surface area contributed by atoms with Crippen LogP contribution in [0.4, 0.5) is 22.0 Å². The van der Waals surface area contributed by atoms with E-state index in [1.165, 1.54) is 24.5 Å². The van der Waals surface area contributed by atoms with E-state index >= 15 is 0 Å². The molecular formula is C12H7F5N2O. The van der Waals surface area contributed by atoms with Gasteiger partial charge in [-0.1, -0.05) is 0 Å². The summed E-state index contributed by atoms with van der Waals surface area (Å²) in [5.41, 5.74) is -0.900. The minimum Gasteiger partial charge on any atom is -0.416 e. The van der Waals surface area contributed by atoms with Crippen molar-refractivity contribution in [1.82, 2.24) is 9.97 Å². The molecule has 0 radical (unpaired) electrons. The summed E-state index contributed by atoms with van der Waals surface area (Å²) in [5.74, 6) is -0.777. The third kappa shape index (κ3) is 3.19. The fraction of sp³-hybridized carbons (Fsp3) is 0.167. The molecule has 2 aromatic rings. The van der Waals surface area contributed by atoms with Gasteiger partial charge in [-0.05, 0) is 29.8 Å². The number of alkyl halides is 5. The molecule has 0 aliphatic rings. The van der Waals surface area contributed by atoms with Gasteiger partial charge in [0.05, 0.1) is 0 Å². The molecule has 0 atom stereocenters. The molecule has 2 heterocycles. The highest BCUT2D eigenvalue weighted by Gasteiger charge is 2.33. The quantitative estimate of drug-likeness (QED) is 0.807. The number of halogens is 5. The summed E-state index contributed by atoms with van der Waals surface area (Å²) in [6, 6.07) is 4.63. The molecule has 0 unspecified atom stereocenters. The van der Waals surface area contributed by atoms with Gasteiger partial charge in [-0.3, -0.25) is 4.98 Å². The van der Waals surface area contributed by atoms with Crippen LogP contribution in [-0.2, 0) is 6.18 Å². The second-order valence-corrected chi connectivity index (χ2v) is 3.66. The number of rotatable bonds is 3. The van der Waals surface area contributed by atoms with Crippen LogP contribution >= 0.6 is 0 Å². The average Bonchev–Trinajstić information content (AvgIpc) is 2.38. The van der Waals surface area contributed by atoms with Gasteiger partial charge in [-0.2, -0.15) is 22.0 Å². The molecular weight excluding hydrogens is 283 g/mol. The highest BCUT2D eigenvalue weighted by atomic mass is 19.4. The van der Waals surface area contributed by atoms with E-state index in [4.69, 9.17) is 0 Å². The zero-order valence-electron chi connectivity index (χ0n) is 9.73. The van der Waals surface area contributed by atoms with Gasteiger partial charge in [0.1, 0.15) is 5.69 Å². The van der Waals surface area contributed by atoms with Crippen molar-refractivity contribution in [1.29, 1.82) is 0 Å². The van der Waals surface area contributed by atoms with Gasteiger partial charge in [0.2, 0.25) is 5.88 Å². The molecule has 0 bridgehead atoms. The maximum absolute atomic E-state index is 12.5. The average molecular weight is 290 g/mol. The number of hydrogen-bond acceptors (Lipinski definition) is 3. The number of hydrogen-bond donors (Lipinski definition) is 0. The molecule has 106 valence electrons. The Bertz CT molecular complexity index is 586. The summed E-state index contributed by atoms with van der Waals surface area (Å²) in [6.45, 7) is -3.27. The molecule has 2 aromatic heterocycles. The van der Waals surface area contributed by atoms with Crippen molar-refractivity contribution in [2.45, 2.75) is 12.8 Å². The highest BCUT2D eigenvalue weighted by molar-refractivity contribution is 5.68. The summed E-state index contributed by atoms with van der Waals surface area (Å²) < 4.78 is 66.2. The molecule has 0 aromatic carbocycles. The van der Waals surface area contributed by atoms with E-state index in [0.717, 1.165) is 6.07 Å². The first kappa shape index (κ1) is 14.2. The van der Waals surface area contributed by atoms with Crippen LogP contribution in [0.5, 0.6) is 5.88 Å². The largest absolute Gasteiger partial charge is 0.433 e. The van der Waals surface area contributed by atoms with E-state index in [1.807, 2.05) is 0 Å². The van der Waals surface area contributed by atoms with Crippen LogP contribution in [0.25, 0.3) is 11.1 Å². The minimum atomic E-state index is -4.74. The van der Waals surface area contributed by atoms with Crippen LogP contribution in [0.15, 0.2) is 36.7 Å². The van der Waals surface area contributed by atoms with E-state index in [9.17, 15) is 22.0 Å². The lowest BCUT2D eigenvalue weighted by Crippen LogP contribution is -2.11. The Kier molecular flexibility index (Phi) is 3.82. The Morgan fingerprint density at radius 2 is 1.65 bits per heavy atom. The van der Waals surface area contributed by atoms with Crippen molar-refractivity contribution in [2.24, 2.45) is 0 Å². The molecule has 0 saturated heterocycles. The predicted octanol–water partition coefficient (Wildman–Crippen LogP) is 3.76. The van der Waals surface area contributed by atoms with Gasteiger partial charge in [-0.15, -0.1) is 0 Å². The second kappa shape index (κ2) is 5.40. The highest BCUT2D eigenvalue weighted by Crippen LogP contribution is 2.34. The number of ether oxygens (including phenoxy) is 1. The van der Waals surface area contributed by atoms with E-state index in [-0.39, 0.29) is 5.56 Å². The van der Waals surface area contributed by atoms with Crippen molar-refractivity contribution >= 4 is 0 Å². The molecule has 20 heavy (non-hydrogen) atoms. The fourth-order valence-corrected chi connectivity index (χ4v) is 1.52. The van der Waals surface area contributed by atoms with E-state index in [2.05, 4.69) is 14.7 Å². The van der Waals surface area contributed by atoms with Crippen molar-refractivity contribution in [3.8, 4) is 17.0 Å². The van der Waals surface area contributed by atoms with Crippen molar-refractivity contribution in [3.05, 3.63) is 42.4 Å². The Morgan fingerprint density at radius 3 is 2.20 bits per heavy atom. The zero-order chi connectivity index (χ0) is 14.8. The number of nitrogens with zero attached hydrogens (tertiary/aromatic N) is 2. The smallest absolute Gasteiger partial charge is 0.416 e. The molecule has 3 nitrogen and oxygen atoms in total. The standard InChI is InChI=1S/C12H7F5N2O/c13-11(14)20-10-8(7-3-5-18-6-4-7)1-2-9(19-10)12(15,16)17/h1-6,11H. The molecule has 0 fully saturated rings. The van der Waals surface area contributed by atoms with Crippen LogP contribution in [-0.4, -0.2) is 16.6 Å². The van der Waals surface area contributed by atoms with Crippen molar-refractivity contribution < 1.29 is 26.7 Å². The lowest BCUT2D eigenvalue weighted by molar-refractivity contribution is -0.142. The molecule has 8 heteroatoms. The van der Waals surface area contributed by atoms with Crippen LogP contribution in [0.3, 0.4) is 0 Å².